The van der Waals surface area contributed by atoms with Crippen molar-refractivity contribution in [2.45, 2.75) is 19.3 Å². The topological polar surface area (TPSA) is 145 Å². The number of hydrogen-bond donors (Lipinski definition) is 0. The van der Waals surface area contributed by atoms with Crippen LogP contribution in [-0.4, -0.2) is 11.9 Å². The van der Waals surface area contributed by atoms with Gasteiger partial charge in [-0.15, -0.1) is 0 Å². The van der Waals surface area contributed by atoms with Crippen LogP contribution < -0.4 is 18.6 Å². The fourth-order valence-corrected chi connectivity index (χ4v) is 1.03. The summed E-state index contributed by atoms with van der Waals surface area (Å²) in [5.41, 5.74) is 0. The van der Waals surface area contributed by atoms with Gasteiger partial charge in [0.2, 0.25) is 0 Å². The van der Waals surface area contributed by atoms with Gasteiger partial charge in [-0.05, 0) is 6.42 Å². The summed E-state index contributed by atoms with van der Waals surface area (Å²) >= 11 is 0. The molecule has 0 saturated carbocycles. The maximum absolute atomic E-state index is 10.6. The van der Waals surface area contributed by atoms with Crippen molar-refractivity contribution in [1.82, 2.24) is 0 Å². The van der Waals surface area contributed by atoms with E-state index in [1.165, 1.54) is 0 Å². The van der Waals surface area contributed by atoms with Crippen molar-refractivity contribution in [3.63, 3.8) is 0 Å². The molecule has 10 heteroatoms. The number of rotatable bonds is 6. The molecule has 0 aliphatic heterocycles. The second-order valence-electron chi connectivity index (χ2n) is 2.13. The van der Waals surface area contributed by atoms with Gasteiger partial charge < -0.3 is 18.6 Å². The molecule has 0 amide bonds. The van der Waals surface area contributed by atoms with Crippen LogP contribution in [0.4, 0.5) is 0 Å². The Balaban J connectivity index is 3.53. The molecule has 0 aromatic heterocycles. The van der Waals surface area contributed by atoms with E-state index >= 15 is 0 Å². The summed E-state index contributed by atoms with van der Waals surface area (Å²) < 4.78 is 46.5. The van der Waals surface area contributed by atoms with Gasteiger partial charge in [-0.1, -0.05) is 8.58 Å². The summed E-state index contributed by atoms with van der Waals surface area (Å²) in [5, 5.41) is 0. The van der Waals surface area contributed by atoms with Crippen LogP contribution in [0.25, 0.3) is 0 Å². The molecule has 0 bridgehead atoms. The van der Waals surface area contributed by atoms with Gasteiger partial charge in [0.25, 0.3) is 0 Å². The summed E-state index contributed by atoms with van der Waals surface area (Å²) in [4.78, 5) is 21.1. The molecule has 0 fully saturated rings. The molecule has 0 unspecified atom stereocenters. The highest BCUT2D eigenvalue weighted by Gasteiger charge is 2.21. The van der Waals surface area contributed by atoms with Crippen LogP contribution in [-0.2, 0) is 18.2 Å². The Morgan fingerprint density at radius 1 is 0.867 bits per heavy atom. The zero-order chi connectivity index (χ0) is 11.8. The lowest BCUT2D eigenvalue weighted by Crippen LogP contribution is -2.36. The van der Waals surface area contributed by atoms with Crippen molar-refractivity contribution in [3.8, 4) is 0 Å². The van der Waals surface area contributed by atoms with Crippen LogP contribution in [0.5, 0.6) is 0 Å². The van der Waals surface area contributed by atoms with Crippen LogP contribution in [0.1, 0.15) is 19.3 Å². The van der Waals surface area contributed by atoms with Crippen LogP contribution in [0.3, 0.4) is 0 Å². The first-order chi connectivity index (χ1) is 6.91. The summed E-state index contributed by atoms with van der Waals surface area (Å²) in [6, 6.07) is 0. The fourth-order valence-electron chi connectivity index (χ4n) is 0.595. The number of carbonyl (C=O) groups is 2. The minimum Gasteiger partial charge on any atom is -0.307 e. The van der Waals surface area contributed by atoms with Gasteiger partial charge in [0.05, 0.1) is 12.8 Å². The van der Waals surface area contributed by atoms with E-state index in [1.807, 2.05) is 0 Å². The van der Waals surface area contributed by atoms with Gasteiger partial charge in [-0.25, -0.2) is 9.59 Å². The first-order valence-electron chi connectivity index (χ1n) is 3.45. The fraction of sp³-hybridized carbons (Fsp3) is 0.600. The standard InChI is InChI=1S/C5H6Cl2O8/c8-4(14-6(10)11)2-1-3-5(9)15-7(12)13/h1-3H2. The summed E-state index contributed by atoms with van der Waals surface area (Å²) in [7, 11) is -5.24. The molecular formula is C5H6Cl2O8. The Hall–Kier alpha value is -0.640. The number of halogens is 2. The van der Waals surface area contributed by atoms with E-state index in [4.69, 9.17) is 0 Å². The highest BCUT2D eigenvalue weighted by molar-refractivity contribution is 5.71. The molecule has 0 spiro atoms. The van der Waals surface area contributed by atoms with Gasteiger partial charge in [-0.2, -0.15) is 0 Å². The smallest absolute Gasteiger partial charge is 0.307 e. The third-order valence-electron chi connectivity index (χ3n) is 1.06. The Morgan fingerprint density at radius 3 is 1.47 bits per heavy atom. The van der Waals surface area contributed by atoms with Gasteiger partial charge >= 0.3 is 33.5 Å². The Kier molecular flexibility index (Phi) is 7.30. The van der Waals surface area contributed by atoms with Gasteiger partial charge in [0.1, 0.15) is 0 Å². The molecule has 0 aromatic carbocycles. The third-order valence-corrected chi connectivity index (χ3v) is 1.66. The van der Waals surface area contributed by atoms with Gasteiger partial charge in [0, 0.05) is 0 Å². The number of carbonyl (C=O) groups excluding carboxylic acids is 2. The van der Waals surface area contributed by atoms with Crippen LogP contribution in [0.2, 0.25) is 0 Å². The molecule has 0 rings (SSSR count). The van der Waals surface area contributed by atoms with E-state index in [9.17, 15) is 28.2 Å². The predicted molar refractivity (Wildman–Crippen MR) is 26.0 cm³/mol. The number of hydrogen-bond acceptors (Lipinski definition) is 8. The van der Waals surface area contributed by atoms with Gasteiger partial charge in [0.15, 0.2) is 0 Å². The highest BCUT2D eigenvalue weighted by atomic mass is 35.6. The summed E-state index contributed by atoms with van der Waals surface area (Å²) in [6.45, 7) is 0. The van der Waals surface area contributed by atoms with Crippen molar-refractivity contribution < 1.29 is 58.4 Å². The zero-order valence-corrected chi connectivity index (χ0v) is 8.66. The van der Waals surface area contributed by atoms with E-state index < -0.39 is 33.5 Å². The second-order valence-corrected chi connectivity index (χ2v) is 3.19. The highest BCUT2D eigenvalue weighted by Crippen LogP contribution is 2.00. The summed E-state index contributed by atoms with van der Waals surface area (Å²) in [6.07, 6.45) is -0.752. The zero-order valence-electron chi connectivity index (χ0n) is 7.14. The molecule has 0 N–H and O–H groups in total. The van der Waals surface area contributed by atoms with E-state index in [2.05, 4.69) is 8.58 Å². The molecule has 0 radical (unpaired) electrons. The molecule has 8 nitrogen and oxygen atoms in total. The van der Waals surface area contributed by atoms with Crippen LogP contribution in [0, 0.1) is 21.6 Å². The maximum atomic E-state index is 10.6. The minimum atomic E-state index is -2.62. The Morgan fingerprint density at radius 2 is 1.20 bits per heavy atom. The van der Waals surface area contributed by atoms with Crippen molar-refractivity contribution >= 4 is 11.9 Å². The molecular weight excluding hydrogens is 259 g/mol. The normalized spacial score (nSPS) is 10.5. The Labute approximate surface area is 90.2 Å². The van der Waals surface area contributed by atoms with E-state index in [-0.39, 0.29) is 19.3 Å². The van der Waals surface area contributed by atoms with Crippen molar-refractivity contribution in [2.24, 2.45) is 0 Å². The van der Waals surface area contributed by atoms with E-state index in [0.29, 0.717) is 0 Å². The minimum absolute atomic E-state index is 0.0753. The van der Waals surface area contributed by atoms with E-state index in [1.54, 1.807) is 0 Å². The quantitative estimate of drug-likeness (QED) is 0.466. The van der Waals surface area contributed by atoms with Gasteiger partial charge in [-0.3, -0.25) is 0 Å². The molecule has 15 heavy (non-hydrogen) atoms. The largest absolute Gasteiger partial charge is 0.421 e. The third kappa shape index (κ3) is 9.66. The molecule has 0 heterocycles. The van der Waals surface area contributed by atoms with Crippen LogP contribution in [0.15, 0.2) is 0 Å². The lowest BCUT2D eigenvalue weighted by atomic mass is 10.2. The average Bonchev–Trinajstić information content (AvgIpc) is 2.00. The lowest BCUT2D eigenvalue weighted by molar-refractivity contribution is -1.62. The second kappa shape index (κ2) is 7.63. The monoisotopic (exact) mass is 264 g/mol. The van der Waals surface area contributed by atoms with Crippen molar-refractivity contribution in [1.29, 1.82) is 0 Å². The molecule has 0 aliphatic rings. The first kappa shape index (κ1) is 14.4. The van der Waals surface area contributed by atoms with Crippen molar-refractivity contribution in [3.05, 3.63) is 0 Å². The Bertz CT molecular complexity index is 195. The molecule has 0 aliphatic carbocycles. The maximum Gasteiger partial charge on any atom is 0.421 e. The average molecular weight is 265 g/mol. The summed E-state index contributed by atoms with van der Waals surface area (Å²) in [5.74, 6) is -2.10. The molecule has 0 atom stereocenters. The first-order valence-corrected chi connectivity index (χ1v) is 5.30. The molecule has 0 saturated heterocycles. The SMILES string of the molecule is O=C(CCCC(=O)O[Cl+2]([O-])[O-])O[Cl+2]([O-])[O-]. The molecule has 88 valence electrons. The molecule has 0 aromatic rings. The van der Waals surface area contributed by atoms with Crippen molar-refractivity contribution in [2.75, 3.05) is 0 Å². The lowest BCUT2D eigenvalue weighted by Gasteiger charge is -1.95. The van der Waals surface area contributed by atoms with Crippen LogP contribution >= 0.6 is 0 Å². The predicted octanol–water partition coefficient (Wildman–Crippen LogP) is -4.58. The van der Waals surface area contributed by atoms with E-state index in [0.717, 1.165) is 0 Å².